The van der Waals surface area contributed by atoms with Gasteiger partial charge in [0.2, 0.25) is 0 Å². The first-order valence-electron chi connectivity index (χ1n) is 10.4. The number of pyridine rings is 1. The lowest BCUT2D eigenvalue weighted by atomic mass is 9.88. The van der Waals surface area contributed by atoms with Gasteiger partial charge in [-0.2, -0.15) is 0 Å². The summed E-state index contributed by atoms with van der Waals surface area (Å²) in [6.07, 6.45) is 9.00. The van der Waals surface area contributed by atoms with E-state index in [0.29, 0.717) is 17.9 Å². The maximum atomic E-state index is 13.0. The minimum absolute atomic E-state index is 0.0400. The molecule has 1 aliphatic carbocycles. The Morgan fingerprint density at radius 2 is 1.97 bits per heavy atom. The van der Waals surface area contributed by atoms with E-state index in [1.165, 1.54) is 25.7 Å². The van der Waals surface area contributed by atoms with Gasteiger partial charge < -0.3 is 14.7 Å². The van der Waals surface area contributed by atoms with E-state index in [-0.39, 0.29) is 11.4 Å². The van der Waals surface area contributed by atoms with Crippen molar-refractivity contribution in [1.29, 1.82) is 0 Å². The first-order valence-corrected chi connectivity index (χ1v) is 11.4. The minimum atomic E-state index is -0.0511. The van der Waals surface area contributed by atoms with Gasteiger partial charge in [0.05, 0.1) is 11.3 Å². The molecular weight excluding hydrogens is 384 g/mol. The van der Waals surface area contributed by atoms with E-state index in [0.717, 1.165) is 34.9 Å². The lowest BCUT2D eigenvalue weighted by molar-refractivity contribution is 0.0865. The molecule has 1 aliphatic rings. The minimum Gasteiger partial charge on any atom is -0.361 e. The molecule has 2 heterocycles. The summed E-state index contributed by atoms with van der Waals surface area (Å²) in [7, 11) is 4.26. The van der Waals surface area contributed by atoms with Crippen LogP contribution in [0.3, 0.4) is 0 Å². The maximum absolute atomic E-state index is 13.0. The van der Waals surface area contributed by atoms with Gasteiger partial charge in [-0.05, 0) is 52.9 Å². The molecule has 0 bridgehead atoms. The second-order valence-corrected chi connectivity index (χ2v) is 9.13. The number of thioether (sulfide) groups is 1. The van der Waals surface area contributed by atoms with Crippen LogP contribution in [0.2, 0.25) is 0 Å². The highest BCUT2D eigenvalue weighted by molar-refractivity contribution is 7.98. The Labute approximate surface area is 177 Å². The predicted octanol–water partition coefficient (Wildman–Crippen LogP) is 4.36. The molecule has 0 atom stereocenters. The molecule has 1 saturated carbocycles. The molecule has 0 spiro atoms. The summed E-state index contributed by atoms with van der Waals surface area (Å²) >= 11 is 1.55. The smallest absolute Gasteiger partial charge is 0.254 e. The summed E-state index contributed by atoms with van der Waals surface area (Å²) in [6, 6.07) is 3.68. The fourth-order valence-electron chi connectivity index (χ4n) is 4.04. The second kappa shape index (κ2) is 9.76. The lowest BCUT2D eigenvalue weighted by Crippen LogP contribution is -2.52. The van der Waals surface area contributed by atoms with E-state index in [1.807, 2.05) is 26.0 Å². The highest BCUT2D eigenvalue weighted by atomic mass is 32.2. The Balaban J connectivity index is 1.69. The number of rotatable bonds is 7. The zero-order chi connectivity index (χ0) is 20.9. The van der Waals surface area contributed by atoms with Crippen molar-refractivity contribution in [2.75, 3.05) is 20.6 Å². The maximum Gasteiger partial charge on any atom is 0.254 e. The quantitative estimate of drug-likeness (QED) is 0.534. The third-order valence-electron chi connectivity index (χ3n) is 6.11. The Morgan fingerprint density at radius 1 is 1.24 bits per heavy atom. The number of carbonyl (C=O) groups is 1. The van der Waals surface area contributed by atoms with E-state index in [4.69, 9.17) is 4.52 Å². The normalized spacial score (nSPS) is 16.6. The number of nitrogens with zero attached hydrogens (tertiary/aromatic N) is 3. The SMILES string of the molecule is Cc1noc(C)c1CSc1ncccc1C(=O)NCC1(N(C)C)CCCCCC1. The van der Waals surface area contributed by atoms with Crippen LogP contribution in [-0.4, -0.2) is 47.1 Å². The topological polar surface area (TPSA) is 71.3 Å². The summed E-state index contributed by atoms with van der Waals surface area (Å²) in [5.41, 5.74) is 2.63. The van der Waals surface area contributed by atoms with Gasteiger partial charge in [-0.15, -0.1) is 11.8 Å². The van der Waals surface area contributed by atoms with E-state index in [2.05, 4.69) is 34.5 Å². The first kappa shape index (κ1) is 21.8. The highest BCUT2D eigenvalue weighted by Gasteiger charge is 2.33. The van der Waals surface area contributed by atoms with Gasteiger partial charge in [-0.25, -0.2) is 4.98 Å². The van der Waals surface area contributed by atoms with Gasteiger partial charge in [0.25, 0.3) is 5.91 Å². The van der Waals surface area contributed by atoms with Crippen LogP contribution in [0.1, 0.15) is 65.9 Å². The van der Waals surface area contributed by atoms with Crippen molar-refractivity contribution >= 4 is 17.7 Å². The van der Waals surface area contributed by atoms with Crippen LogP contribution >= 0.6 is 11.8 Å². The number of nitrogens with one attached hydrogen (secondary N) is 1. The fourth-order valence-corrected chi connectivity index (χ4v) is 5.18. The molecule has 0 unspecified atom stereocenters. The number of likely N-dealkylation sites (N-methyl/N-ethyl adjacent to an activating group) is 1. The van der Waals surface area contributed by atoms with Gasteiger partial charge in [0.1, 0.15) is 10.8 Å². The molecule has 0 aromatic carbocycles. The molecule has 2 aromatic rings. The molecule has 2 aromatic heterocycles. The number of amides is 1. The van der Waals surface area contributed by atoms with Crippen molar-refractivity contribution < 1.29 is 9.32 Å². The molecule has 158 valence electrons. The number of aryl methyl sites for hydroxylation is 2. The molecule has 29 heavy (non-hydrogen) atoms. The largest absolute Gasteiger partial charge is 0.361 e. The first-order chi connectivity index (χ1) is 13.9. The monoisotopic (exact) mass is 416 g/mol. The zero-order valence-electron chi connectivity index (χ0n) is 18.0. The number of aromatic nitrogens is 2. The Bertz CT molecular complexity index is 806. The van der Waals surface area contributed by atoms with Crippen molar-refractivity contribution in [3.8, 4) is 0 Å². The Hall–Kier alpha value is -1.86. The third-order valence-corrected chi connectivity index (χ3v) is 7.14. The molecule has 0 radical (unpaired) electrons. The van der Waals surface area contributed by atoms with Gasteiger partial charge in [-0.3, -0.25) is 4.79 Å². The van der Waals surface area contributed by atoms with Crippen LogP contribution in [0, 0.1) is 13.8 Å². The Morgan fingerprint density at radius 3 is 2.59 bits per heavy atom. The molecule has 3 rings (SSSR count). The number of hydrogen-bond donors (Lipinski definition) is 1. The molecule has 0 aliphatic heterocycles. The molecule has 1 N–H and O–H groups in total. The number of carbonyl (C=O) groups excluding carboxylic acids is 1. The third kappa shape index (κ3) is 5.20. The average molecular weight is 417 g/mol. The fraction of sp³-hybridized carbons (Fsp3) is 0.591. The van der Waals surface area contributed by atoms with Crippen molar-refractivity contribution in [2.24, 2.45) is 0 Å². The van der Waals surface area contributed by atoms with Crippen LogP contribution < -0.4 is 5.32 Å². The predicted molar refractivity (Wildman–Crippen MR) is 116 cm³/mol. The second-order valence-electron chi connectivity index (χ2n) is 8.16. The summed E-state index contributed by atoms with van der Waals surface area (Å²) in [4.78, 5) is 19.8. The summed E-state index contributed by atoms with van der Waals surface area (Å²) in [5, 5.41) is 7.96. The molecule has 1 amide bonds. The average Bonchev–Trinajstić information content (AvgIpc) is 2.90. The van der Waals surface area contributed by atoms with Gasteiger partial charge in [0, 0.05) is 29.6 Å². The molecule has 1 fully saturated rings. The standard InChI is InChI=1S/C22H32N4O2S/c1-16-19(17(2)28-25-16)14-29-21-18(10-9-13-23-21)20(27)24-15-22(26(3)4)11-7-5-6-8-12-22/h9-10,13H,5-8,11-12,14-15H2,1-4H3,(H,24,27). The van der Waals surface area contributed by atoms with Crippen molar-refractivity contribution in [3.05, 3.63) is 40.9 Å². The molecule has 7 heteroatoms. The van der Waals surface area contributed by atoms with Crippen molar-refractivity contribution in [1.82, 2.24) is 20.4 Å². The van der Waals surface area contributed by atoms with Crippen molar-refractivity contribution in [3.63, 3.8) is 0 Å². The summed E-state index contributed by atoms with van der Waals surface area (Å²) < 4.78 is 5.24. The van der Waals surface area contributed by atoms with Gasteiger partial charge >= 0.3 is 0 Å². The summed E-state index contributed by atoms with van der Waals surface area (Å²) in [5.74, 6) is 1.45. The zero-order valence-corrected chi connectivity index (χ0v) is 18.8. The Kier molecular flexibility index (Phi) is 7.35. The van der Waals surface area contributed by atoms with Crippen LogP contribution in [0.5, 0.6) is 0 Å². The van der Waals surface area contributed by atoms with E-state index >= 15 is 0 Å². The van der Waals surface area contributed by atoms with E-state index < -0.39 is 0 Å². The highest BCUT2D eigenvalue weighted by Crippen LogP contribution is 2.31. The van der Waals surface area contributed by atoms with Gasteiger partial charge in [0.15, 0.2) is 0 Å². The van der Waals surface area contributed by atoms with E-state index in [1.54, 1.807) is 18.0 Å². The van der Waals surface area contributed by atoms with Crippen molar-refractivity contribution in [2.45, 2.75) is 68.7 Å². The van der Waals surface area contributed by atoms with Gasteiger partial charge in [-0.1, -0.05) is 30.8 Å². The van der Waals surface area contributed by atoms with Crippen LogP contribution in [-0.2, 0) is 5.75 Å². The molecular formula is C22H32N4O2S. The number of hydrogen-bond acceptors (Lipinski definition) is 6. The van der Waals surface area contributed by atoms with E-state index in [9.17, 15) is 4.79 Å². The van der Waals surface area contributed by atoms with Crippen LogP contribution in [0.15, 0.2) is 27.9 Å². The summed E-state index contributed by atoms with van der Waals surface area (Å²) in [6.45, 7) is 4.52. The molecule has 6 nitrogen and oxygen atoms in total. The van der Waals surface area contributed by atoms with Crippen LogP contribution in [0.25, 0.3) is 0 Å². The molecule has 0 saturated heterocycles. The van der Waals surface area contributed by atoms with Crippen LogP contribution in [0.4, 0.5) is 0 Å². The lowest BCUT2D eigenvalue weighted by Gasteiger charge is -2.39.